The highest BCUT2D eigenvalue weighted by atomic mass is 16.4. The van der Waals surface area contributed by atoms with Gasteiger partial charge in [-0.05, 0) is 225 Å². The fraction of sp³-hybridized carbons (Fsp3) is 0. The van der Waals surface area contributed by atoms with Gasteiger partial charge in [0.25, 0.3) is 0 Å². The van der Waals surface area contributed by atoms with Crippen LogP contribution in [0.2, 0.25) is 0 Å². The van der Waals surface area contributed by atoms with Crippen LogP contribution in [0.4, 0.5) is 0 Å². The molecule has 26 aromatic carbocycles. The standard InChI is InChI=1S/2C48H28O2.C42H24O2/c1-2-17-32-29(13-1)14-12-24-33(32)30-15-11-16-31(27-30)44-35-19-3-5-21-37(35)45(38-22-6-4-20-36(38)44)41-28-40-34-18-7-9-25-42(34)49-47(40)46-39-23-8-10-26-43(39)50-48(41)46;1-2-13-30-26-32(25-24-29(30)12-1)31-14-11-15-33(27-31)44-35-17-3-5-19-37(35)45(38-20-6-4-18-36(38)44)41-28-40-34-16-7-9-22-42(34)49-47(40)46-39-21-8-10-23-43(39)50-48(41)46;1-2-14-26-25(12-1)13-11-21-28(26)38-29-16-3-5-18-31(29)39(32-19-6-4-17-30(32)38)35-24-34-27-15-7-9-22-36(27)43-41(34)40-33-20-8-10-23-37(33)44-42(35)40/h2*1-28H;1-24H. The van der Waals surface area contributed by atoms with E-state index < -0.39 is 0 Å². The summed E-state index contributed by atoms with van der Waals surface area (Å²) in [7, 11) is 0. The molecule has 6 aromatic heterocycles. The normalized spacial score (nSPS) is 12.0. The summed E-state index contributed by atoms with van der Waals surface area (Å²) in [5, 5.41) is 34.7. The van der Waals surface area contributed by atoms with E-state index in [1.165, 1.54) is 169 Å². The summed E-state index contributed by atoms with van der Waals surface area (Å²) in [4.78, 5) is 0. The van der Waals surface area contributed by atoms with Crippen molar-refractivity contribution in [1.82, 2.24) is 0 Å². The van der Waals surface area contributed by atoms with Crippen molar-refractivity contribution in [2.45, 2.75) is 0 Å². The average Bonchev–Trinajstić information content (AvgIpc) is 1.37. The minimum atomic E-state index is 0.846. The van der Waals surface area contributed by atoms with E-state index in [1.807, 2.05) is 48.5 Å². The summed E-state index contributed by atoms with van der Waals surface area (Å²) >= 11 is 0. The highest BCUT2D eigenvalue weighted by Crippen LogP contribution is 2.56. The second-order valence-corrected chi connectivity index (χ2v) is 37.9. The Morgan fingerprint density at radius 3 is 0.694 bits per heavy atom. The number of para-hydroxylation sites is 6. The monoisotopic (exact) mass is 1830 g/mol. The van der Waals surface area contributed by atoms with Gasteiger partial charge < -0.3 is 26.5 Å². The molecule has 0 N–H and O–H groups in total. The maximum absolute atomic E-state index is 6.79. The molecule has 668 valence electrons. The van der Waals surface area contributed by atoms with E-state index in [0.717, 1.165) is 148 Å². The molecule has 6 heterocycles. The molecule has 0 amide bonds. The molecule has 0 spiro atoms. The smallest absolute Gasteiger partial charge is 0.147 e. The largest absolute Gasteiger partial charge is 0.455 e. The zero-order chi connectivity index (χ0) is 94.3. The predicted octanol–water partition coefficient (Wildman–Crippen LogP) is 40.2. The summed E-state index contributed by atoms with van der Waals surface area (Å²) in [6.07, 6.45) is 0. The first-order chi connectivity index (χ1) is 71.5. The van der Waals surface area contributed by atoms with Crippen LogP contribution < -0.4 is 0 Å². The highest BCUT2D eigenvalue weighted by molar-refractivity contribution is 6.35. The van der Waals surface area contributed by atoms with Gasteiger partial charge in [0.05, 0.1) is 16.2 Å². The molecule has 32 aromatic rings. The first kappa shape index (κ1) is 80.9. The number of rotatable bonds is 8. The highest BCUT2D eigenvalue weighted by Gasteiger charge is 2.31. The Morgan fingerprint density at radius 2 is 0.333 bits per heavy atom. The molecule has 6 nitrogen and oxygen atoms in total. The van der Waals surface area contributed by atoms with E-state index in [0.29, 0.717) is 0 Å². The first-order valence-electron chi connectivity index (χ1n) is 49.2. The van der Waals surface area contributed by atoms with Gasteiger partial charge in [-0.15, -0.1) is 0 Å². The summed E-state index contributed by atoms with van der Waals surface area (Å²) in [5.74, 6) is 0. The third-order valence-corrected chi connectivity index (χ3v) is 30.1. The van der Waals surface area contributed by atoms with Crippen LogP contribution in [0.5, 0.6) is 0 Å². The maximum atomic E-state index is 6.79. The van der Waals surface area contributed by atoms with Gasteiger partial charge in [-0.25, -0.2) is 0 Å². The van der Waals surface area contributed by atoms with Gasteiger partial charge in [0.15, 0.2) is 0 Å². The molecule has 0 unspecified atom stereocenters. The Morgan fingerprint density at radius 1 is 0.104 bits per heavy atom. The van der Waals surface area contributed by atoms with Crippen LogP contribution in [0, 0.1) is 0 Å². The van der Waals surface area contributed by atoms with Gasteiger partial charge >= 0.3 is 0 Å². The van der Waals surface area contributed by atoms with Crippen LogP contribution in [0.1, 0.15) is 0 Å². The Bertz CT molecular complexity index is 10900. The molecule has 0 saturated carbocycles. The van der Waals surface area contributed by atoms with Gasteiger partial charge in [-0.3, -0.25) is 0 Å². The topological polar surface area (TPSA) is 78.8 Å². The van der Waals surface area contributed by atoms with Crippen molar-refractivity contribution >= 4 is 229 Å². The van der Waals surface area contributed by atoms with Gasteiger partial charge in [-0.1, -0.05) is 413 Å². The number of furan rings is 6. The zero-order valence-corrected chi connectivity index (χ0v) is 77.6. The van der Waals surface area contributed by atoms with Gasteiger partial charge in [0.1, 0.15) is 67.0 Å². The Hall–Kier alpha value is -19.1. The minimum Gasteiger partial charge on any atom is -0.455 e. The van der Waals surface area contributed by atoms with Gasteiger partial charge in [0, 0.05) is 81.9 Å². The van der Waals surface area contributed by atoms with Crippen molar-refractivity contribution in [2.75, 3.05) is 0 Å². The fourth-order valence-corrected chi connectivity index (χ4v) is 23.9. The maximum Gasteiger partial charge on any atom is 0.147 e. The minimum absolute atomic E-state index is 0.846. The Balaban J connectivity index is 0.000000101. The molecule has 32 rings (SSSR count). The molecule has 0 saturated heterocycles. The van der Waals surface area contributed by atoms with Crippen molar-refractivity contribution in [3.8, 4) is 89.0 Å². The third kappa shape index (κ3) is 12.4. The van der Waals surface area contributed by atoms with Crippen LogP contribution in [0.15, 0.2) is 512 Å². The molecule has 144 heavy (non-hydrogen) atoms. The number of fused-ring (bicyclic) bond motifs is 30. The van der Waals surface area contributed by atoms with Crippen LogP contribution in [0.3, 0.4) is 0 Å². The Kier molecular flexibility index (Phi) is 18.1. The number of benzene rings is 26. The molecule has 0 bridgehead atoms. The van der Waals surface area contributed by atoms with E-state index in [9.17, 15) is 0 Å². The van der Waals surface area contributed by atoms with E-state index in [4.69, 9.17) is 26.5 Å². The lowest BCUT2D eigenvalue weighted by molar-refractivity contribution is 0.663. The molecule has 6 heteroatoms. The fourth-order valence-electron chi connectivity index (χ4n) is 23.9. The van der Waals surface area contributed by atoms with Crippen molar-refractivity contribution in [1.29, 1.82) is 0 Å². The van der Waals surface area contributed by atoms with Crippen LogP contribution in [-0.4, -0.2) is 0 Å². The SMILES string of the molecule is c1cc(-c2ccc3ccccc3c2)cc(-c2c3ccccc3c(-c3cc4c5ccccc5oc4c4c3oc3ccccc34)c3ccccc23)c1.c1cc(-c2cccc3ccccc23)cc(-c2c3ccccc3c(-c3cc4c5ccccc5oc4c4c3oc3ccccc34)c3ccccc23)c1.c1ccc2c(-c3c4ccccc4c(-c4cc5c6ccccc6oc5c5c4oc4ccccc45)c4ccccc34)cccc2c1. The molecular formula is C138H80O6. The lowest BCUT2D eigenvalue weighted by Gasteiger charge is -2.19. The van der Waals surface area contributed by atoms with Crippen molar-refractivity contribution in [3.63, 3.8) is 0 Å². The third-order valence-electron chi connectivity index (χ3n) is 30.1. The number of hydrogen-bond acceptors (Lipinski definition) is 6. The average molecular weight is 1830 g/mol. The molecule has 0 radical (unpaired) electrons. The van der Waals surface area contributed by atoms with E-state index in [2.05, 4.69) is 437 Å². The summed E-state index contributed by atoms with van der Waals surface area (Å²) < 4.78 is 40.1. The summed E-state index contributed by atoms with van der Waals surface area (Å²) in [6, 6.07) is 174. The Labute approximate surface area is 823 Å². The first-order valence-corrected chi connectivity index (χ1v) is 49.2. The predicted molar refractivity (Wildman–Crippen MR) is 604 cm³/mol. The van der Waals surface area contributed by atoms with E-state index in [-0.39, 0.29) is 0 Å². The summed E-state index contributed by atoms with van der Waals surface area (Å²) in [5.41, 5.74) is 29.3. The number of hydrogen-bond donors (Lipinski definition) is 0. The van der Waals surface area contributed by atoms with Gasteiger partial charge in [0.2, 0.25) is 0 Å². The van der Waals surface area contributed by atoms with Crippen molar-refractivity contribution < 1.29 is 26.5 Å². The van der Waals surface area contributed by atoms with Crippen LogP contribution in [0.25, 0.3) is 318 Å². The molecule has 0 aliphatic rings. The van der Waals surface area contributed by atoms with Crippen LogP contribution in [-0.2, 0) is 0 Å². The zero-order valence-electron chi connectivity index (χ0n) is 77.6. The molecule has 0 atom stereocenters. The molecule has 0 fully saturated rings. The lowest BCUT2D eigenvalue weighted by Crippen LogP contribution is -1.92. The quantitative estimate of drug-likeness (QED) is 0.141. The van der Waals surface area contributed by atoms with E-state index in [1.54, 1.807) is 0 Å². The van der Waals surface area contributed by atoms with E-state index >= 15 is 0 Å². The van der Waals surface area contributed by atoms with Crippen molar-refractivity contribution in [2.24, 2.45) is 0 Å². The molecular weight excluding hydrogens is 1750 g/mol. The lowest BCUT2D eigenvalue weighted by atomic mass is 9.84. The van der Waals surface area contributed by atoms with Crippen LogP contribution >= 0.6 is 0 Å². The van der Waals surface area contributed by atoms with Gasteiger partial charge in [-0.2, -0.15) is 0 Å². The summed E-state index contributed by atoms with van der Waals surface area (Å²) in [6.45, 7) is 0. The van der Waals surface area contributed by atoms with Crippen molar-refractivity contribution in [3.05, 3.63) is 485 Å². The molecule has 0 aliphatic heterocycles. The second kappa shape index (κ2) is 32.2. The second-order valence-electron chi connectivity index (χ2n) is 37.9. The molecule has 0 aliphatic carbocycles.